The number of alkyl halides is 1. The Hall–Kier alpha value is -2.13. The maximum Gasteiger partial charge on any atom is 0.177 e. The maximum atomic E-state index is 16.7. The highest BCUT2D eigenvalue weighted by atomic mass is 19.1. The van der Waals surface area contributed by atoms with Gasteiger partial charge in [0.25, 0.3) is 0 Å². The molecule has 0 amide bonds. The fraction of sp³-hybridized carbons (Fsp3) is 0.860. The Balaban J connectivity index is 0.000000162. The van der Waals surface area contributed by atoms with Crippen LogP contribution in [0.1, 0.15) is 131 Å². The second-order valence-electron chi connectivity index (χ2n) is 19.9. The number of fused-ring (bicyclic) bond motifs is 10. The van der Waals surface area contributed by atoms with Crippen LogP contribution in [-0.2, 0) is 28.8 Å². The molecule has 0 aromatic heterocycles. The summed E-state index contributed by atoms with van der Waals surface area (Å²) in [5, 5.41) is 18.7. The second kappa shape index (κ2) is 13.0. The average Bonchev–Trinajstić information content (AvgIpc) is 3.62. The lowest BCUT2D eigenvalue weighted by Gasteiger charge is -2.62. The lowest BCUT2D eigenvalue weighted by atomic mass is 9.42. The molecule has 2 N–H and O–H groups in total. The highest BCUT2D eigenvalue weighted by Gasteiger charge is 2.72. The Bertz CT molecular complexity index is 1560. The Labute approximate surface area is 308 Å². The zero-order valence-electron chi connectivity index (χ0n) is 32.0. The van der Waals surface area contributed by atoms with Crippen molar-refractivity contribution in [3.05, 3.63) is 0 Å². The van der Waals surface area contributed by atoms with Crippen LogP contribution < -0.4 is 0 Å². The summed E-state index contributed by atoms with van der Waals surface area (Å²) in [5.41, 5.74) is -3.52. The van der Waals surface area contributed by atoms with Gasteiger partial charge in [0.2, 0.25) is 0 Å². The molecule has 15 atom stereocenters. The molecule has 0 heterocycles. The van der Waals surface area contributed by atoms with Crippen LogP contribution in [0.25, 0.3) is 0 Å². The van der Waals surface area contributed by atoms with E-state index < -0.39 is 29.7 Å². The van der Waals surface area contributed by atoms with E-state index in [0.29, 0.717) is 86.6 Å². The van der Waals surface area contributed by atoms with Crippen molar-refractivity contribution in [1.29, 1.82) is 0 Å². The number of Topliss-reactive ketones (excluding diaryl/α,β-unsaturated/α-hetero) is 6. The second-order valence-corrected chi connectivity index (χ2v) is 19.9. The summed E-state index contributed by atoms with van der Waals surface area (Å²) in [7, 11) is 0. The molecule has 9 heteroatoms. The zero-order chi connectivity index (χ0) is 37.8. The third-order valence-corrected chi connectivity index (χ3v) is 17.9. The van der Waals surface area contributed by atoms with Gasteiger partial charge in [0.1, 0.15) is 30.6 Å². The summed E-state index contributed by atoms with van der Waals surface area (Å²) < 4.78 is 16.7. The minimum Gasteiger partial charge on any atom is -0.389 e. The fourth-order valence-corrected chi connectivity index (χ4v) is 15.4. The van der Waals surface area contributed by atoms with Crippen molar-refractivity contribution in [2.24, 2.45) is 80.8 Å². The Morgan fingerprint density at radius 2 is 1.25 bits per heavy atom. The molecule has 0 aliphatic heterocycles. The molecule has 288 valence electrons. The van der Waals surface area contributed by atoms with Crippen LogP contribution in [0.2, 0.25) is 0 Å². The van der Waals surface area contributed by atoms with Gasteiger partial charge in [0, 0.05) is 67.6 Å². The summed E-state index contributed by atoms with van der Waals surface area (Å²) in [6.45, 7) is 9.59. The first-order valence-corrected chi connectivity index (χ1v) is 20.5. The number of carbonyl (C=O) groups excluding carboxylic acids is 6. The van der Waals surface area contributed by atoms with E-state index in [9.17, 15) is 39.0 Å². The molecular weight excluding hydrogens is 663 g/mol. The van der Waals surface area contributed by atoms with Gasteiger partial charge in [-0.1, -0.05) is 34.6 Å². The van der Waals surface area contributed by atoms with Gasteiger partial charge in [-0.2, -0.15) is 0 Å². The Kier molecular flexibility index (Phi) is 9.53. The molecular formula is C43H61FO8. The topological polar surface area (TPSA) is 143 Å². The lowest BCUT2D eigenvalue weighted by Crippen LogP contribution is -2.67. The van der Waals surface area contributed by atoms with Crippen molar-refractivity contribution in [3.8, 4) is 0 Å². The number of aliphatic hydroxyl groups is 2. The van der Waals surface area contributed by atoms with E-state index in [1.54, 1.807) is 0 Å². The SMILES string of the molecule is C[C@H]1C[C@H]2[C@@H]3CC[C@H](C(=O)CO)[C@@]3(C)CC(=O)[C@@H]2[C@@]2(C)CCC(=O)C[C@@H]12.C[C@]12CC(=O)[C@@]3(F)[C@@H](CC[C@H]4CC(=O)CC[C@@]43C)[C@@H]1CC[C@@H]2C(=O)CO. The first-order chi connectivity index (χ1) is 24.4. The number of aliphatic hydroxyl groups excluding tert-OH is 2. The molecule has 0 spiro atoms. The van der Waals surface area contributed by atoms with E-state index in [0.717, 1.165) is 38.5 Å². The minimum atomic E-state index is -1.88. The fourth-order valence-electron chi connectivity index (χ4n) is 15.4. The van der Waals surface area contributed by atoms with Gasteiger partial charge in [-0.3, -0.25) is 28.8 Å². The van der Waals surface area contributed by atoms with Gasteiger partial charge in [-0.05, 0) is 110 Å². The molecule has 0 aromatic rings. The number of hydrogen-bond donors (Lipinski definition) is 2. The number of hydrogen-bond acceptors (Lipinski definition) is 8. The standard InChI is InChI=1S/C22H32O4.C21H29FO4/c1-12-8-14-15-4-5-16(19(26)11-23)22(15,3)10-18(25)20(14)21(2)7-6-13(24)9-17(12)21;1-19-10-18(26)21(22)15(14(19)5-6-16(19)17(25)11-23)4-3-12-9-13(24)7-8-20(12,21)2/h12,14-17,20,23H,4-11H2,1-3H3;12,14-16,23H,3-11H2,1-2H3/t12-,14-,15-,16+,17-,20+,21-,22-;12-,14-,15-,16+,19-,20-,21-/m00/s1. The van der Waals surface area contributed by atoms with Crippen molar-refractivity contribution < 1.29 is 43.4 Å². The molecule has 0 unspecified atom stereocenters. The van der Waals surface area contributed by atoms with Crippen LogP contribution in [0.4, 0.5) is 4.39 Å². The smallest absolute Gasteiger partial charge is 0.177 e. The molecule has 8 aliphatic carbocycles. The minimum absolute atomic E-state index is 0.00102. The third kappa shape index (κ3) is 5.22. The van der Waals surface area contributed by atoms with Crippen LogP contribution in [0.3, 0.4) is 0 Å². The van der Waals surface area contributed by atoms with Gasteiger partial charge in [-0.15, -0.1) is 0 Å². The predicted molar refractivity (Wildman–Crippen MR) is 190 cm³/mol. The van der Waals surface area contributed by atoms with E-state index >= 15 is 4.39 Å². The van der Waals surface area contributed by atoms with E-state index in [1.165, 1.54) is 0 Å². The van der Waals surface area contributed by atoms with E-state index in [1.807, 2.05) is 13.8 Å². The number of ketones is 6. The largest absolute Gasteiger partial charge is 0.389 e. The van der Waals surface area contributed by atoms with Gasteiger partial charge in [0.15, 0.2) is 23.0 Å². The summed E-state index contributed by atoms with van der Waals surface area (Å²) in [4.78, 5) is 75.3. The molecule has 0 bridgehead atoms. The first kappa shape index (κ1) is 38.2. The molecule has 8 rings (SSSR count). The summed E-state index contributed by atoms with van der Waals surface area (Å²) in [5.74, 6) is 0.857. The van der Waals surface area contributed by atoms with Crippen molar-refractivity contribution in [3.63, 3.8) is 0 Å². The molecule has 8 saturated carbocycles. The van der Waals surface area contributed by atoms with Crippen molar-refractivity contribution in [2.45, 2.75) is 137 Å². The molecule has 0 saturated heterocycles. The van der Waals surface area contributed by atoms with Crippen molar-refractivity contribution in [2.75, 3.05) is 13.2 Å². The van der Waals surface area contributed by atoms with E-state index in [-0.39, 0.29) is 75.9 Å². The average molecular weight is 725 g/mol. The van der Waals surface area contributed by atoms with E-state index in [4.69, 9.17) is 0 Å². The summed E-state index contributed by atoms with van der Waals surface area (Å²) in [6, 6.07) is 0. The molecule has 8 fully saturated rings. The molecule has 8 nitrogen and oxygen atoms in total. The lowest BCUT2D eigenvalue weighted by molar-refractivity contribution is -0.196. The zero-order valence-corrected chi connectivity index (χ0v) is 32.0. The van der Waals surface area contributed by atoms with Gasteiger partial charge >= 0.3 is 0 Å². The Morgan fingerprint density at radius 3 is 1.88 bits per heavy atom. The van der Waals surface area contributed by atoms with Crippen LogP contribution in [0.5, 0.6) is 0 Å². The van der Waals surface area contributed by atoms with Crippen LogP contribution in [-0.4, -0.2) is 63.8 Å². The highest BCUT2D eigenvalue weighted by Crippen LogP contribution is 2.70. The van der Waals surface area contributed by atoms with Gasteiger partial charge in [0.05, 0.1) is 0 Å². The van der Waals surface area contributed by atoms with Crippen molar-refractivity contribution in [1.82, 2.24) is 0 Å². The predicted octanol–water partition coefficient (Wildman–Crippen LogP) is 6.25. The van der Waals surface area contributed by atoms with Crippen LogP contribution in [0.15, 0.2) is 0 Å². The molecule has 0 radical (unpaired) electrons. The van der Waals surface area contributed by atoms with Crippen molar-refractivity contribution >= 4 is 34.7 Å². The van der Waals surface area contributed by atoms with E-state index in [2.05, 4.69) is 20.8 Å². The highest BCUT2D eigenvalue weighted by molar-refractivity contribution is 5.93. The maximum absolute atomic E-state index is 16.7. The molecule has 8 aliphatic rings. The number of halogens is 1. The number of carbonyl (C=O) groups is 6. The summed E-state index contributed by atoms with van der Waals surface area (Å²) in [6.07, 6.45) is 9.48. The molecule has 0 aromatic carbocycles. The van der Waals surface area contributed by atoms with Crippen LogP contribution >= 0.6 is 0 Å². The third-order valence-electron chi connectivity index (χ3n) is 17.9. The quantitative estimate of drug-likeness (QED) is 0.347. The van der Waals surface area contributed by atoms with Crippen LogP contribution in [0, 0.1) is 80.8 Å². The normalized spacial score (nSPS) is 50.8. The molecule has 52 heavy (non-hydrogen) atoms. The monoisotopic (exact) mass is 724 g/mol. The Morgan fingerprint density at radius 1 is 0.692 bits per heavy atom. The van der Waals surface area contributed by atoms with Gasteiger partial charge in [-0.25, -0.2) is 4.39 Å². The summed E-state index contributed by atoms with van der Waals surface area (Å²) >= 11 is 0. The number of rotatable bonds is 4. The first-order valence-electron chi connectivity index (χ1n) is 20.5. The van der Waals surface area contributed by atoms with Gasteiger partial charge < -0.3 is 10.2 Å².